The third-order valence-electron chi connectivity index (χ3n) is 5.07. The van der Waals surface area contributed by atoms with E-state index < -0.39 is 0 Å². The predicted octanol–water partition coefficient (Wildman–Crippen LogP) is 4.06. The SMILES string of the molecule is O=C1Sc2ccccc2[C@H]2[C@@H]1[C@@H]1C(=O)Sc3ccccc3[C@@H]12. The molecule has 0 unspecified atom stereocenters. The van der Waals surface area contributed by atoms with Crippen LogP contribution < -0.4 is 0 Å². The van der Waals surface area contributed by atoms with Gasteiger partial charge in [0, 0.05) is 33.5 Å². The van der Waals surface area contributed by atoms with Gasteiger partial charge in [-0.25, -0.2) is 0 Å². The van der Waals surface area contributed by atoms with Crippen molar-refractivity contribution < 1.29 is 9.59 Å². The van der Waals surface area contributed by atoms with Gasteiger partial charge in [-0.15, -0.1) is 0 Å². The van der Waals surface area contributed by atoms with Crippen LogP contribution >= 0.6 is 23.5 Å². The smallest absolute Gasteiger partial charge is 0.198 e. The third-order valence-corrected chi connectivity index (χ3v) is 7.20. The largest absolute Gasteiger partial charge is 0.286 e. The molecule has 2 aromatic carbocycles. The molecule has 0 amide bonds. The number of carbonyl (C=O) groups excluding carboxylic acids is 2. The lowest BCUT2D eigenvalue weighted by Crippen LogP contribution is -2.52. The van der Waals surface area contributed by atoms with E-state index in [1.54, 1.807) is 0 Å². The summed E-state index contributed by atoms with van der Waals surface area (Å²) in [5, 5.41) is 0.330. The van der Waals surface area contributed by atoms with Crippen LogP contribution in [0.2, 0.25) is 0 Å². The summed E-state index contributed by atoms with van der Waals surface area (Å²) in [5.41, 5.74) is 2.49. The standard InChI is InChI=1S/C18H12O2S2/c19-17-15-13(9-5-1-3-7-11(9)21-17)14-10-6-2-4-8-12(10)22-18(20)16(14)15/h1-8,13-16H/t13-,14-,15-,16-/m1/s1. The van der Waals surface area contributed by atoms with E-state index in [4.69, 9.17) is 0 Å². The number of hydrogen-bond donors (Lipinski definition) is 0. The molecule has 2 aliphatic heterocycles. The maximum absolute atomic E-state index is 12.5. The minimum Gasteiger partial charge on any atom is -0.286 e. The molecular formula is C18H12O2S2. The summed E-state index contributed by atoms with van der Waals surface area (Å²) >= 11 is 2.63. The van der Waals surface area contributed by atoms with Crippen LogP contribution in [0.25, 0.3) is 0 Å². The second-order valence-electron chi connectivity index (χ2n) is 6.02. The molecule has 1 saturated carbocycles. The molecule has 22 heavy (non-hydrogen) atoms. The topological polar surface area (TPSA) is 34.1 Å². The van der Waals surface area contributed by atoms with Crippen molar-refractivity contribution in [3.05, 3.63) is 59.7 Å². The molecule has 0 bridgehead atoms. The van der Waals surface area contributed by atoms with Gasteiger partial charge in [0.15, 0.2) is 10.2 Å². The maximum Gasteiger partial charge on any atom is 0.198 e. The van der Waals surface area contributed by atoms with Gasteiger partial charge in [0.05, 0.1) is 0 Å². The molecule has 0 spiro atoms. The fraction of sp³-hybridized carbons (Fsp3) is 0.222. The number of thioether (sulfide) groups is 2. The first kappa shape index (κ1) is 13.0. The molecular weight excluding hydrogens is 312 g/mol. The van der Waals surface area contributed by atoms with Gasteiger partial charge in [0.25, 0.3) is 0 Å². The molecule has 2 heterocycles. The Labute approximate surface area is 136 Å². The number of benzene rings is 2. The van der Waals surface area contributed by atoms with Crippen LogP contribution in [-0.2, 0) is 9.59 Å². The van der Waals surface area contributed by atoms with E-state index in [9.17, 15) is 9.59 Å². The Morgan fingerprint density at radius 2 is 1.00 bits per heavy atom. The van der Waals surface area contributed by atoms with Crippen molar-refractivity contribution in [2.75, 3.05) is 0 Å². The van der Waals surface area contributed by atoms with Crippen molar-refractivity contribution in [1.29, 1.82) is 0 Å². The maximum atomic E-state index is 12.5. The molecule has 4 atom stereocenters. The van der Waals surface area contributed by atoms with Crippen molar-refractivity contribution in [2.45, 2.75) is 21.6 Å². The molecule has 4 heteroatoms. The van der Waals surface area contributed by atoms with E-state index in [1.807, 2.05) is 36.4 Å². The summed E-state index contributed by atoms with van der Waals surface area (Å²) in [5.74, 6) is 0.0541. The number of carbonyl (C=O) groups is 2. The second-order valence-corrected chi connectivity index (χ2v) is 8.11. The number of rotatable bonds is 0. The van der Waals surface area contributed by atoms with Crippen LogP contribution in [0.3, 0.4) is 0 Å². The highest BCUT2D eigenvalue weighted by molar-refractivity contribution is 8.14. The lowest BCUT2D eigenvalue weighted by atomic mass is 9.53. The minimum atomic E-state index is -0.141. The van der Waals surface area contributed by atoms with Gasteiger partial charge in [-0.1, -0.05) is 59.9 Å². The summed E-state index contributed by atoms with van der Waals surface area (Å²) in [6, 6.07) is 16.3. The number of fused-ring (bicyclic) bond motifs is 8. The molecule has 1 fully saturated rings. The fourth-order valence-electron chi connectivity index (χ4n) is 4.16. The van der Waals surface area contributed by atoms with Gasteiger partial charge in [0.2, 0.25) is 0 Å². The van der Waals surface area contributed by atoms with Crippen LogP contribution in [-0.4, -0.2) is 10.2 Å². The Kier molecular flexibility index (Phi) is 2.65. The molecule has 3 aliphatic rings. The normalized spacial score (nSPS) is 31.5. The zero-order valence-electron chi connectivity index (χ0n) is 11.6. The van der Waals surface area contributed by atoms with E-state index in [-0.39, 0.29) is 33.9 Å². The average molecular weight is 324 g/mol. The van der Waals surface area contributed by atoms with Crippen molar-refractivity contribution in [2.24, 2.45) is 11.8 Å². The van der Waals surface area contributed by atoms with Gasteiger partial charge >= 0.3 is 0 Å². The van der Waals surface area contributed by atoms with Gasteiger partial charge in [-0.2, -0.15) is 0 Å². The zero-order valence-corrected chi connectivity index (χ0v) is 13.2. The van der Waals surface area contributed by atoms with E-state index in [0.717, 1.165) is 9.79 Å². The highest BCUT2D eigenvalue weighted by atomic mass is 32.2. The summed E-state index contributed by atoms with van der Waals surface area (Å²) in [6.45, 7) is 0. The van der Waals surface area contributed by atoms with Gasteiger partial charge in [0.1, 0.15) is 0 Å². The lowest BCUT2D eigenvalue weighted by Gasteiger charge is -2.54. The van der Waals surface area contributed by atoms with Crippen molar-refractivity contribution in [3.63, 3.8) is 0 Å². The summed E-state index contributed by atoms with van der Waals surface area (Å²) in [4.78, 5) is 27.2. The molecule has 0 aromatic heterocycles. The van der Waals surface area contributed by atoms with E-state index in [0.29, 0.717) is 0 Å². The monoisotopic (exact) mass is 324 g/mol. The molecule has 1 aliphatic carbocycles. The number of hydrogen-bond acceptors (Lipinski definition) is 4. The molecule has 0 saturated heterocycles. The van der Waals surface area contributed by atoms with Crippen molar-refractivity contribution >= 4 is 33.8 Å². The average Bonchev–Trinajstić information content (AvgIpc) is 2.49. The van der Waals surface area contributed by atoms with Crippen LogP contribution in [0.5, 0.6) is 0 Å². The first-order valence-electron chi connectivity index (χ1n) is 7.37. The Morgan fingerprint density at radius 1 is 0.591 bits per heavy atom. The summed E-state index contributed by atoms with van der Waals surface area (Å²) in [7, 11) is 0. The van der Waals surface area contributed by atoms with Crippen LogP contribution in [0.1, 0.15) is 23.0 Å². The Balaban J connectivity index is 1.71. The zero-order chi connectivity index (χ0) is 14.8. The summed E-state index contributed by atoms with van der Waals surface area (Å²) in [6.07, 6.45) is 0. The predicted molar refractivity (Wildman–Crippen MR) is 87.1 cm³/mol. The molecule has 0 N–H and O–H groups in total. The van der Waals surface area contributed by atoms with Crippen LogP contribution in [0.4, 0.5) is 0 Å². The summed E-state index contributed by atoms with van der Waals surface area (Å²) < 4.78 is 0. The molecule has 2 aromatic rings. The van der Waals surface area contributed by atoms with Gasteiger partial charge < -0.3 is 0 Å². The lowest BCUT2D eigenvalue weighted by molar-refractivity contribution is -0.132. The first-order chi connectivity index (χ1) is 10.8. The second kappa shape index (κ2) is 4.49. The van der Waals surface area contributed by atoms with Crippen molar-refractivity contribution in [3.8, 4) is 0 Å². The highest BCUT2D eigenvalue weighted by Crippen LogP contribution is 2.67. The quantitative estimate of drug-likeness (QED) is 0.732. The molecule has 5 rings (SSSR count). The molecule has 0 radical (unpaired) electrons. The minimum absolute atomic E-state index is 0.141. The Bertz CT molecular complexity index is 760. The van der Waals surface area contributed by atoms with E-state index >= 15 is 0 Å². The molecule has 2 nitrogen and oxygen atoms in total. The Hall–Kier alpha value is -1.52. The van der Waals surface area contributed by atoms with E-state index in [1.165, 1.54) is 34.7 Å². The van der Waals surface area contributed by atoms with Crippen LogP contribution in [0, 0.1) is 11.8 Å². The van der Waals surface area contributed by atoms with Crippen molar-refractivity contribution in [1.82, 2.24) is 0 Å². The molecule has 108 valence electrons. The Morgan fingerprint density at radius 3 is 1.45 bits per heavy atom. The first-order valence-corrected chi connectivity index (χ1v) is 9.00. The van der Waals surface area contributed by atoms with E-state index in [2.05, 4.69) is 12.1 Å². The van der Waals surface area contributed by atoms with Gasteiger partial charge in [-0.05, 0) is 23.3 Å². The van der Waals surface area contributed by atoms with Gasteiger partial charge in [-0.3, -0.25) is 9.59 Å². The van der Waals surface area contributed by atoms with Crippen LogP contribution in [0.15, 0.2) is 58.3 Å². The third kappa shape index (κ3) is 1.54. The highest BCUT2D eigenvalue weighted by Gasteiger charge is 2.62. The fourth-order valence-corrected chi connectivity index (χ4v) is 6.39.